The molecule has 1 fully saturated rings. The van der Waals surface area contributed by atoms with Crippen LogP contribution in [0.25, 0.3) is 0 Å². The van der Waals surface area contributed by atoms with E-state index in [1.54, 1.807) is 0 Å². The van der Waals surface area contributed by atoms with Crippen LogP contribution >= 0.6 is 22.6 Å². The molecule has 1 N–H and O–H groups in total. The highest BCUT2D eigenvalue weighted by molar-refractivity contribution is 14.1. The van der Waals surface area contributed by atoms with Gasteiger partial charge in [-0.2, -0.15) is 0 Å². The molecule has 0 saturated carbocycles. The number of hydrogen-bond acceptors (Lipinski definition) is 2. The van der Waals surface area contributed by atoms with E-state index in [-0.39, 0.29) is 0 Å². The van der Waals surface area contributed by atoms with Crippen LogP contribution in [0.3, 0.4) is 0 Å². The highest BCUT2D eigenvalue weighted by Gasteiger charge is 2.18. The summed E-state index contributed by atoms with van der Waals surface area (Å²) in [4.78, 5) is 2.56. The minimum Gasteiger partial charge on any atom is -0.396 e. The maximum absolute atomic E-state index is 8.86. The Balaban J connectivity index is 1.76. The molecule has 2 rings (SSSR count). The van der Waals surface area contributed by atoms with Crippen molar-refractivity contribution in [3.8, 4) is 0 Å². The van der Waals surface area contributed by atoms with E-state index in [2.05, 4.69) is 51.8 Å². The van der Waals surface area contributed by atoms with Crippen LogP contribution in [0, 0.1) is 9.49 Å². The molecule has 0 amide bonds. The molecule has 0 spiro atoms. The number of piperidine rings is 1. The van der Waals surface area contributed by atoms with E-state index in [1.807, 2.05) is 0 Å². The van der Waals surface area contributed by atoms with Gasteiger partial charge in [-0.3, -0.25) is 4.90 Å². The van der Waals surface area contributed by atoms with Gasteiger partial charge in [0.15, 0.2) is 0 Å². The number of aliphatic hydroxyl groups excluding tert-OH is 1. The molecule has 1 aliphatic rings. The topological polar surface area (TPSA) is 23.5 Å². The highest BCUT2D eigenvalue weighted by atomic mass is 127. The summed E-state index contributed by atoms with van der Waals surface area (Å²) in [6.45, 7) is 3.86. The zero-order chi connectivity index (χ0) is 12.8. The summed E-state index contributed by atoms with van der Waals surface area (Å²) in [7, 11) is 0. The molecular formula is C15H22INO. The Bertz CT molecular complexity index is 361. The molecule has 0 aromatic heterocycles. The Kier molecular flexibility index (Phi) is 5.92. The van der Waals surface area contributed by atoms with E-state index >= 15 is 0 Å². The van der Waals surface area contributed by atoms with Gasteiger partial charge in [0, 0.05) is 16.7 Å². The van der Waals surface area contributed by atoms with Crippen LogP contribution < -0.4 is 0 Å². The van der Waals surface area contributed by atoms with Crippen molar-refractivity contribution < 1.29 is 5.11 Å². The second kappa shape index (κ2) is 7.46. The molecule has 1 aliphatic heterocycles. The predicted molar refractivity (Wildman–Crippen MR) is 83.5 cm³/mol. The van der Waals surface area contributed by atoms with Gasteiger partial charge in [0.25, 0.3) is 0 Å². The van der Waals surface area contributed by atoms with Crippen LogP contribution in [-0.4, -0.2) is 29.7 Å². The Morgan fingerprint density at radius 1 is 1.28 bits per heavy atom. The lowest BCUT2D eigenvalue weighted by atomic mass is 9.92. The maximum Gasteiger partial charge on any atom is 0.0431 e. The maximum atomic E-state index is 8.86. The third-order valence-corrected chi connectivity index (χ3v) is 4.44. The van der Waals surface area contributed by atoms with Crippen molar-refractivity contribution in [2.75, 3.05) is 19.7 Å². The molecule has 0 radical (unpaired) electrons. The van der Waals surface area contributed by atoms with Crippen molar-refractivity contribution in [1.82, 2.24) is 4.90 Å². The fourth-order valence-corrected chi connectivity index (χ4v) is 3.31. The molecule has 0 aliphatic carbocycles. The first kappa shape index (κ1) is 14.3. The van der Waals surface area contributed by atoms with E-state index < -0.39 is 0 Å². The smallest absolute Gasteiger partial charge is 0.0431 e. The van der Waals surface area contributed by atoms with Gasteiger partial charge in [-0.25, -0.2) is 0 Å². The quantitative estimate of drug-likeness (QED) is 0.816. The SMILES string of the molecule is OCCCC1CCN(Cc2cccc(I)c2)CC1. The van der Waals surface area contributed by atoms with Crippen molar-refractivity contribution in [1.29, 1.82) is 0 Å². The molecule has 1 aromatic carbocycles. The van der Waals surface area contributed by atoms with Crippen molar-refractivity contribution >= 4 is 22.6 Å². The number of aliphatic hydroxyl groups is 1. The first-order valence-corrected chi connectivity index (χ1v) is 7.93. The van der Waals surface area contributed by atoms with Crippen molar-refractivity contribution in [3.63, 3.8) is 0 Å². The molecule has 2 nitrogen and oxygen atoms in total. The largest absolute Gasteiger partial charge is 0.396 e. The zero-order valence-corrected chi connectivity index (χ0v) is 13.0. The lowest BCUT2D eigenvalue weighted by Crippen LogP contribution is -2.33. The summed E-state index contributed by atoms with van der Waals surface area (Å²) >= 11 is 2.38. The third-order valence-electron chi connectivity index (χ3n) is 3.77. The zero-order valence-electron chi connectivity index (χ0n) is 10.8. The third kappa shape index (κ3) is 4.52. The summed E-state index contributed by atoms with van der Waals surface area (Å²) in [5, 5.41) is 8.86. The normalized spacial score (nSPS) is 18.1. The Morgan fingerprint density at radius 2 is 2.06 bits per heavy atom. The number of rotatable bonds is 5. The first-order chi connectivity index (χ1) is 8.78. The van der Waals surface area contributed by atoms with Crippen LogP contribution in [0.1, 0.15) is 31.2 Å². The monoisotopic (exact) mass is 359 g/mol. The number of hydrogen-bond donors (Lipinski definition) is 1. The summed E-state index contributed by atoms with van der Waals surface area (Å²) in [5.41, 5.74) is 1.43. The lowest BCUT2D eigenvalue weighted by molar-refractivity contribution is 0.164. The van der Waals surface area contributed by atoms with Crippen LogP contribution in [-0.2, 0) is 6.54 Å². The first-order valence-electron chi connectivity index (χ1n) is 6.85. The van der Waals surface area contributed by atoms with Gasteiger partial charge < -0.3 is 5.11 Å². The minimum absolute atomic E-state index is 0.350. The van der Waals surface area contributed by atoms with Gasteiger partial charge in [-0.1, -0.05) is 12.1 Å². The minimum atomic E-state index is 0.350. The van der Waals surface area contributed by atoms with Crippen molar-refractivity contribution in [3.05, 3.63) is 33.4 Å². The Morgan fingerprint density at radius 3 is 2.72 bits per heavy atom. The van der Waals surface area contributed by atoms with E-state index in [9.17, 15) is 0 Å². The molecule has 3 heteroatoms. The highest BCUT2D eigenvalue weighted by Crippen LogP contribution is 2.23. The van der Waals surface area contributed by atoms with Crippen molar-refractivity contribution in [2.24, 2.45) is 5.92 Å². The molecule has 1 heterocycles. The average molecular weight is 359 g/mol. The fourth-order valence-electron chi connectivity index (χ4n) is 2.71. The number of nitrogens with zero attached hydrogens (tertiary/aromatic N) is 1. The van der Waals surface area contributed by atoms with Gasteiger partial charge in [0.2, 0.25) is 0 Å². The molecule has 1 aromatic rings. The second-order valence-corrected chi connectivity index (χ2v) is 6.46. The van der Waals surface area contributed by atoms with Gasteiger partial charge in [0.05, 0.1) is 0 Å². The Labute approximate surface area is 124 Å². The Hall–Kier alpha value is -0.130. The standard InChI is InChI=1S/C15H22INO/c16-15-5-1-3-14(11-15)12-17-8-6-13(7-9-17)4-2-10-18/h1,3,5,11,13,18H,2,4,6-10,12H2. The lowest BCUT2D eigenvalue weighted by Gasteiger charge is -2.32. The van der Waals surface area contributed by atoms with E-state index in [0.717, 1.165) is 18.9 Å². The summed E-state index contributed by atoms with van der Waals surface area (Å²) in [5.74, 6) is 0.837. The molecular weight excluding hydrogens is 337 g/mol. The fraction of sp³-hybridized carbons (Fsp3) is 0.600. The second-order valence-electron chi connectivity index (χ2n) is 5.22. The van der Waals surface area contributed by atoms with E-state index in [0.29, 0.717) is 6.61 Å². The van der Waals surface area contributed by atoms with Gasteiger partial charge >= 0.3 is 0 Å². The average Bonchev–Trinajstić information content (AvgIpc) is 2.38. The summed E-state index contributed by atoms with van der Waals surface area (Å²) in [6, 6.07) is 8.79. The summed E-state index contributed by atoms with van der Waals surface area (Å²) < 4.78 is 1.32. The molecule has 1 saturated heterocycles. The van der Waals surface area contributed by atoms with Crippen LogP contribution in [0.4, 0.5) is 0 Å². The predicted octanol–water partition coefficient (Wildman–Crippen LogP) is 3.28. The van der Waals surface area contributed by atoms with Crippen LogP contribution in [0.5, 0.6) is 0 Å². The van der Waals surface area contributed by atoms with E-state index in [4.69, 9.17) is 5.11 Å². The molecule has 18 heavy (non-hydrogen) atoms. The molecule has 0 atom stereocenters. The van der Waals surface area contributed by atoms with E-state index in [1.165, 1.54) is 41.5 Å². The number of benzene rings is 1. The van der Waals surface area contributed by atoms with Crippen molar-refractivity contribution in [2.45, 2.75) is 32.2 Å². The van der Waals surface area contributed by atoms with Crippen LogP contribution in [0.15, 0.2) is 24.3 Å². The summed E-state index contributed by atoms with van der Waals surface area (Å²) in [6.07, 6.45) is 4.77. The molecule has 0 unspecified atom stereocenters. The van der Waals surface area contributed by atoms with Gasteiger partial charge in [-0.15, -0.1) is 0 Å². The number of halogens is 1. The van der Waals surface area contributed by atoms with Gasteiger partial charge in [0.1, 0.15) is 0 Å². The van der Waals surface area contributed by atoms with Gasteiger partial charge in [-0.05, 0) is 85.0 Å². The number of likely N-dealkylation sites (tertiary alicyclic amines) is 1. The molecule has 0 bridgehead atoms. The van der Waals surface area contributed by atoms with Crippen LogP contribution in [0.2, 0.25) is 0 Å². The molecule has 100 valence electrons.